The van der Waals surface area contributed by atoms with Crippen LogP contribution in [0.25, 0.3) is 0 Å². The number of ether oxygens (including phenoxy) is 1. The maximum absolute atomic E-state index is 9.00. The zero-order valence-corrected chi connectivity index (χ0v) is 8.93. The number of hydrogen-bond acceptors (Lipinski definition) is 3. The Kier molecular flexibility index (Phi) is 2.16. The van der Waals surface area contributed by atoms with Crippen LogP contribution in [-0.4, -0.2) is 16.7 Å². The highest BCUT2D eigenvalue weighted by molar-refractivity contribution is 6.31. The van der Waals surface area contributed by atoms with Crippen LogP contribution >= 0.6 is 11.6 Å². The van der Waals surface area contributed by atoms with Crippen LogP contribution in [0.4, 0.5) is 0 Å². The number of aliphatic hydroxyl groups is 1. The van der Waals surface area contributed by atoms with Gasteiger partial charge in [0.2, 0.25) is 0 Å². The van der Waals surface area contributed by atoms with Gasteiger partial charge < -0.3 is 9.84 Å². The number of aromatic nitrogens is 1. The summed E-state index contributed by atoms with van der Waals surface area (Å²) < 4.78 is 5.47. The van der Waals surface area contributed by atoms with E-state index >= 15 is 0 Å². The average molecular weight is 214 g/mol. The molecular weight excluding hydrogens is 202 g/mol. The van der Waals surface area contributed by atoms with E-state index in [1.807, 2.05) is 6.07 Å². The Bertz CT molecular complexity index is 377. The molecule has 1 N–H and O–H groups in total. The van der Waals surface area contributed by atoms with Crippen molar-refractivity contribution in [2.45, 2.75) is 25.9 Å². The van der Waals surface area contributed by atoms with Gasteiger partial charge in [-0.25, -0.2) is 4.98 Å². The molecule has 3 nitrogen and oxygen atoms in total. The van der Waals surface area contributed by atoms with E-state index < -0.39 is 0 Å². The van der Waals surface area contributed by atoms with Crippen LogP contribution in [-0.2, 0) is 12.0 Å². The molecule has 1 aliphatic rings. The van der Waals surface area contributed by atoms with E-state index in [1.54, 1.807) is 0 Å². The maximum atomic E-state index is 9.00. The summed E-state index contributed by atoms with van der Waals surface area (Å²) in [6.07, 6.45) is 0. The van der Waals surface area contributed by atoms with Gasteiger partial charge in [0.05, 0.1) is 18.9 Å². The van der Waals surface area contributed by atoms with Gasteiger partial charge in [-0.15, -0.1) is 0 Å². The van der Waals surface area contributed by atoms with Gasteiger partial charge in [0.15, 0.2) is 10.9 Å². The number of pyridine rings is 1. The van der Waals surface area contributed by atoms with E-state index in [-0.39, 0.29) is 12.0 Å². The quantitative estimate of drug-likeness (QED) is 0.725. The minimum atomic E-state index is -0.0942. The third kappa shape index (κ3) is 1.37. The highest BCUT2D eigenvalue weighted by Gasteiger charge is 2.34. The summed E-state index contributed by atoms with van der Waals surface area (Å²) in [6, 6.07) is 1.86. The molecule has 0 unspecified atom stereocenters. The lowest BCUT2D eigenvalue weighted by Crippen LogP contribution is -2.18. The molecule has 0 saturated carbocycles. The number of rotatable bonds is 1. The van der Waals surface area contributed by atoms with Crippen molar-refractivity contribution in [1.82, 2.24) is 4.98 Å². The Hall–Kier alpha value is -0.800. The van der Waals surface area contributed by atoms with Crippen LogP contribution in [0.2, 0.25) is 5.15 Å². The van der Waals surface area contributed by atoms with Crippen molar-refractivity contribution in [3.8, 4) is 5.75 Å². The molecule has 0 atom stereocenters. The first-order valence-electron chi connectivity index (χ1n) is 4.48. The van der Waals surface area contributed by atoms with Gasteiger partial charge in [0.1, 0.15) is 0 Å². The van der Waals surface area contributed by atoms with Crippen molar-refractivity contribution in [1.29, 1.82) is 0 Å². The Morgan fingerprint density at radius 2 is 2.36 bits per heavy atom. The van der Waals surface area contributed by atoms with E-state index in [0.717, 1.165) is 5.56 Å². The summed E-state index contributed by atoms with van der Waals surface area (Å²) in [5.41, 5.74) is 1.57. The number of halogens is 1. The lowest BCUT2D eigenvalue weighted by atomic mass is 9.87. The third-order valence-corrected chi connectivity index (χ3v) is 2.71. The molecule has 0 aliphatic carbocycles. The fourth-order valence-corrected chi connectivity index (χ4v) is 1.87. The second kappa shape index (κ2) is 3.11. The first kappa shape index (κ1) is 9.74. The molecule has 14 heavy (non-hydrogen) atoms. The molecule has 0 fully saturated rings. The fraction of sp³-hybridized carbons (Fsp3) is 0.500. The van der Waals surface area contributed by atoms with Crippen molar-refractivity contribution in [3.05, 3.63) is 22.5 Å². The molecular formula is C10H12ClNO2. The summed E-state index contributed by atoms with van der Waals surface area (Å²) in [5, 5.41) is 9.35. The minimum absolute atomic E-state index is 0.0498. The third-order valence-electron chi connectivity index (χ3n) is 2.45. The molecule has 2 rings (SSSR count). The first-order chi connectivity index (χ1) is 6.54. The molecule has 0 bridgehead atoms. The van der Waals surface area contributed by atoms with Gasteiger partial charge in [-0.1, -0.05) is 25.4 Å². The van der Waals surface area contributed by atoms with Crippen LogP contribution in [0.1, 0.15) is 25.1 Å². The molecule has 2 heterocycles. The maximum Gasteiger partial charge on any atom is 0.171 e. The predicted molar refractivity (Wildman–Crippen MR) is 53.7 cm³/mol. The van der Waals surface area contributed by atoms with E-state index in [9.17, 15) is 0 Å². The number of hydrogen-bond donors (Lipinski definition) is 1. The van der Waals surface area contributed by atoms with Gasteiger partial charge in [0.25, 0.3) is 0 Å². The van der Waals surface area contributed by atoms with E-state index in [0.29, 0.717) is 23.2 Å². The molecule has 0 radical (unpaired) electrons. The summed E-state index contributed by atoms with van der Waals surface area (Å²) in [5.74, 6) is 0.661. The average Bonchev–Trinajstić information content (AvgIpc) is 2.43. The topological polar surface area (TPSA) is 42.4 Å². The smallest absolute Gasteiger partial charge is 0.171 e. The number of aliphatic hydroxyl groups excluding tert-OH is 1. The summed E-state index contributed by atoms with van der Waals surface area (Å²) in [7, 11) is 0. The zero-order valence-electron chi connectivity index (χ0n) is 8.17. The van der Waals surface area contributed by atoms with E-state index in [4.69, 9.17) is 21.4 Å². The van der Waals surface area contributed by atoms with Crippen molar-refractivity contribution < 1.29 is 9.84 Å². The minimum Gasteiger partial charge on any atom is -0.489 e. The van der Waals surface area contributed by atoms with E-state index in [2.05, 4.69) is 18.8 Å². The largest absolute Gasteiger partial charge is 0.489 e. The lowest BCUT2D eigenvalue weighted by Gasteiger charge is -2.15. The predicted octanol–water partition coefficient (Wildman–Crippen LogP) is 1.90. The molecule has 76 valence electrons. The standard InChI is InChI=1S/C10H12ClNO2/c1-10(2)5-14-8-7(10)3-6(4-13)12-9(8)11/h3,13H,4-5H2,1-2H3. The Morgan fingerprint density at radius 3 is 3.00 bits per heavy atom. The molecule has 0 aromatic carbocycles. The number of nitrogens with zero attached hydrogens (tertiary/aromatic N) is 1. The van der Waals surface area contributed by atoms with Gasteiger partial charge >= 0.3 is 0 Å². The van der Waals surface area contributed by atoms with Crippen LogP contribution in [0, 0.1) is 0 Å². The first-order valence-corrected chi connectivity index (χ1v) is 4.86. The van der Waals surface area contributed by atoms with Gasteiger partial charge in [-0.3, -0.25) is 0 Å². The van der Waals surface area contributed by atoms with Gasteiger partial charge in [-0.2, -0.15) is 0 Å². The van der Waals surface area contributed by atoms with Crippen LogP contribution in [0.15, 0.2) is 6.07 Å². The molecule has 0 spiro atoms. The van der Waals surface area contributed by atoms with Crippen molar-refractivity contribution >= 4 is 11.6 Å². The van der Waals surface area contributed by atoms with Crippen LogP contribution < -0.4 is 4.74 Å². The Labute approximate surface area is 87.7 Å². The van der Waals surface area contributed by atoms with Crippen molar-refractivity contribution in [2.75, 3.05) is 6.61 Å². The molecule has 0 amide bonds. The van der Waals surface area contributed by atoms with Crippen molar-refractivity contribution in [3.63, 3.8) is 0 Å². The molecule has 4 heteroatoms. The SMILES string of the molecule is CC1(C)COc2c1cc(CO)nc2Cl. The highest BCUT2D eigenvalue weighted by Crippen LogP contribution is 2.42. The number of fused-ring (bicyclic) bond motifs is 1. The summed E-state index contributed by atoms with van der Waals surface area (Å²) >= 11 is 5.93. The van der Waals surface area contributed by atoms with E-state index in [1.165, 1.54) is 0 Å². The molecule has 1 aliphatic heterocycles. The second-order valence-corrected chi connectivity index (χ2v) is 4.47. The van der Waals surface area contributed by atoms with Crippen molar-refractivity contribution in [2.24, 2.45) is 0 Å². The molecule has 0 saturated heterocycles. The van der Waals surface area contributed by atoms with Gasteiger partial charge in [0, 0.05) is 11.0 Å². The molecule has 1 aromatic heterocycles. The lowest BCUT2D eigenvalue weighted by molar-refractivity contribution is 0.276. The monoisotopic (exact) mass is 213 g/mol. The normalized spacial score (nSPS) is 17.7. The Morgan fingerprint density at radius 1 is 1.64 bits per heavy atom. The highest BCUT2D eigenvalue weighted by atomic mass is 35.5. The Balaban J connectivity index is 2.59. The zero-order chi connectivity index (χ0) is 10.3. The molecule has 1 aromatic rings. The fourth-order valence-electron chi connectivity index (χ4n) is 1.60. The van der Waals surface area contributed by atoms with Crippen LogP contribution in [0.5, 0.6) is 5.75 Å². The summed E-state index contributed by atoms with van der Waals surface area (Å²) in [4.78, 5) is 4.02. The van der Waals surface area contributed by atoms with Gasteiger partial charge in [-0.05, 0) is 6.07 Å². The second-order valence-electron chi connectivity index (χ2n) is 4.11. The summed E-state index contributed by atoms with van der Waals surface area (Å²) in [6.45, 7) is 4.67. The van der Waals surface area contributed by atoms with Crippen LogP contribution in [0.3, 0.4) is 0 Å².